The van der Waals surface area contributed by atoms with E-state index in [0.29, 0.717) is 42.1 Å². The number of ether oxygens (including phenoxy) is 1. The lowest BCUT2D eigenvalue weighted by molar-refractivity contribution is -0.139. The number of carbonyl (C=O) groups is 2. The molecule has 2 aromatic rings. The number of rotatable bonds is 7. The fourth-order valence-electron chi connectivity index (χ4n) is 4.72. The Kier molecular flexibility index (Phi) is 12.3. The van der Waals surface area contributed by atoms with Crippen molar-refractivity contribution in [2.75, 3.05) is 26.0 Å². The maximum atomic E-state index is 14.4. The van der Waals surface area contributed by atoms with Gasteiger partial charge in [-0.25, -0.2) is 4.39 Å². The van der Waals surface area contributed by atoms with Gasteiger partial charge in [-0.2, -0.15) is 25.8 Å². The zero-order valence-electron chi connectivity index (χ0n) is 22.9. The van der Waals surface area contributed by atoms with Crippen molar-refractivity contribution in [2.45, 2.75) is 69.4 Å². The van der Waals surface area contributed by atoms with Crippen LogP contribution in [0.5, 0.6) is 5.75 Å². The number of aliphatic hydroxyl groups is 1. The molecule has 0 aromatic heterocycles. The highest BCUT2D eigenvalue weighted by atomic mass is 32.1. The molecule has 0 radical (unpaired) electrons. The summed E-state index contributed by atoms with van der Waals surface area (Å²) >= 11 is 4.25. The van der Waals surface area contributed by atoms with Crippen molar-refractivity contribution in [1.82, 2.24) is 15.5 Å². The van der Waals surface area contributed by atoms with Crippen molar-refractivity contribution >= 4 is 24.4 Å². The zero-order chi connectivity index (χ0) is 30.0. The van der Waals surface area contributed by atoms with Crippen LogP contribution in [0.15, 0.2) is 42.5 Å². The molecule has 1 heterocycles. The average Bonchev–Trinajstić information content (AvgIpc) is 2.91. The first-order chi connectivity index (χ1) is 19.5. The summed E-state index contributed by atoms with van der Waals surface area (Å²) in [7, 11) is 1.56. The van der Waals surface area contributed by atoms with Crippen LogP contribution in [0.25, 0.3) is 0 Å². The largest absolute Gasteiger partial charge is 0.493 e. The summed E-state index contributed by atoms with van der Waals surface area (Å²) in [5.74, 6) is -0.549. The molecule has 2 aromatic carbocycles. The fraction of sp³-hybridized carbons (Fsp3) is 0.517. The van der Waals surface area contributed by atoms with Crippen LogP contribution in [-0.4, -0.2) is 66.0 Å². The maximum Gasteiger partial charge on any atom is 0.416 e. The van der Waals surface area contributed by atoms with E-state index in [9.17, 15) is 32.3 Å². The number of amides is 2. The van der Waals surface area contributed by atoms with Crippen molar-refractivity contribution in [3.05, 3.63) is 65.0 Å². The predicted molar refractivity (Wildman–Crippen MR) is 150 cm³/mol. The molecular formula is C29H37F4N3O4S. The summed E-state index contributed by atoms with van der Waals surface area (Å²) in [6, 6.07) is 7.30. The van der Waals surface area contributed by atoms with Crippen molar-refractivity contribution in [3.63, 3.8) is 0 Å². The lowest BCUT2D eigenvalue weighted by atomic mass is 9.99. The highest BCUT2D eigenvalue weighted by Gasteiger charge is 2.31. The molecule has 226 valence electrons. The molecule has 12 heteroatoms. The van der Waals surface area contributed by atoms with Gasteiger partial charge in [-0.15, -0.1) is 0 Å². The molecule has 0 fully saturated rings. The summed E-state index contributed by atoms with van der Waals surface area (Å²) < 4.78 is 59.3. The van der Waals surface area contributed by atoms with Gasteiger partial charge in [0.15, 0.2) is 0 Å². The maximum absolute atomic E-state index is 14.4. The summed E-state index contributed by atoms with van der Waals surface area (Å²) in [5, 5.41) is 16.9. The number of nitrogens with zero attached hydrogens (tertiary/aromatic N) is 1. The number of carbonyl (C=O) groups excluding carboxylic acids is 2. The number of nitrogens with one attached hydrogen (secondary N) is 2. The molecule has 1 aliphatic heterocycles. The second kappa shape index (κ2) is 15.4. The van der Waals surface area contributed by atoms with E-state index < -0.39 is 41.7 Å². The van der Waals surface area contributed by atoms with Gasteiger partial charge in [-0.05, 0) is 67.2 Å². The minimum Gasteiger partial charge on any atom is -0.493 e. The molecule has 3 atom stereocenters. The first-order valence-corrected chi connectivity index (χ1v) is 14.2. The second-order valence-corrected chi connectivity index (χ2v) is 10.6. The van der Waals surface area contributed by atoms with Gasteiger partial charge in [0.1, 0.15) is 17.6 Å². The van der Waals surface area contributed by atoms with E-state index in [2.05, 4.69) is 23.3 Å². The number of fused-ring (bicyclic) bond motifs is 2. The quantitative estimate of drug-likeness (QED) is 0.284. The number of likely N-dealkylation sites (N-methyl/N-ethyl adjacent to an activating group) is 1. The molecule has 0 spiro atoms. The van der Waals surface area contributed by atoms with E-state index in [1.165, 1.54) is 29.2 Å². The third-order valence-electron chi connectivity index (χ3n) is 6.99. The van der Waals surface area contributed by atoms with Gasteiger partial charge in [-0.3, -0.25) is 9.59 Å². The van der Waals surface area contributed by atoms with Crippen molar-refractivity contribution < 1.29 is 37.0 Å². The average molecular weight is 600 g/mol. The summed E-state index contributed by atoms with van der Waals surface area (Å²) in [4.78, 5) is 27.6. The molecule has 7 nitrogen and oxygen atoms in total. The molecular weight excluding hydrogens is 562 g/mol. The standard InChI is InChI=1S/C29H37F4N3O4S/c1-36-25(9-11-41)28(39)35-24(26(37)18-34-17-19-6-5-7-21(12-19)29(31,32)33)15-20-13-22(30)16-23(14-20)40-10-4-2-3-8-27(36)38/h5-7,12-14,16,24-26,34,37,41H,2-4,8-11,15,17-18H2,1H3,(H,35,39)/t24?,25?,26-/m1/s1. The molecule has 2 unspecified atom stereocenters. The Labute approximate surface area is 243 Å². The zero-order valence-corrected chi connectivity index (χ0v) is 23.8. The van der Waals surface area contributed by atoms with Gasteiger partial charge < -0.3 is 25.4 Å². The Bertz CT molecular complexity index is 1170. The van der Waals surface area contributed by atoms with Gasteiger partial charge in [0.2, 0.25) is 11.8 Å². The summed E-state index contributed by atoms with van der Waals surface area (Å²) in [6.07, 6.45) is -3.10. The van der Waals surface area contributed by atoms with Crippen LogP contribution < -0.4 is 15.4 Å². The van der Waals surface area contributed by atoms with Gasteiger partial charge in [0.05, 0.1) is 24.3 Å². The topological polar surface area (TPSA) is 90.9 Å². The van der Waals surface area contributed by atoms with E-state index >= 15 is 0 Å². The number of hydrogen-bond acceptors (Lipinski definition) is 6. The normalized spacial score (nSPS) is 20.3. The van der Waals surface area contributed by atoms with E-state index in [0.717, 1.165) is 18.6 Å². The fourth-order valence-corrected chi connectivity index (χ4v) is 4.97. The highest BCUT2D eigenvalue weighted by Crippen LogP contribution is 2.29. The first-order valence-electron chi connectivity index (χ1n) is 13.6. The summed E-state index contributed by atoms with van der Waals surface area (Å²) in [5.41, 5.74) is 0.0691. The van der Waals surface area contributed by atoms with E-state index in [1.807, 2.05) is 0 Å². The molecule has 41 heavy (non-hydrogen) atoms. The van der Waals surface area contributed by atoms with Crippen LogP contribution >= 0.6 is 12.6 Å². The first kappa shape index (κ1) is 32.7. The smallest absolute Gasteiger partial charge is 0.416 e. The SMILES string of the molecule is CN1C(=O)CCCCCOc2cc(F)cc(c2)CC([C@H](O)CNCc2cccc(C(F)(F)F)c2)NC(=O)C1CCS. The predicted octanol–water partition coefficient (Wildman–Crippen LogP) is 4.12. The van der Waals surface area contributed by atoms with Crippen LogP contribution in [0.4, 0.5) is 17.6 Å². The van der Waals surface area contributed by atoms with E-state index in [1.54, 1.807) is 13.1 Å². The molecule has 0 aliphatic carbocycles. The Morgan fingerprint density at radius 2 is 1.95 bits per heavy atom. The van der Waals surface area contributed by atoms with Crippen LogP contribution in [0.1, 0.15) is 48.8 Å². The molecule has 0 saturated heterocycles. The van der Waals surface area contributed by atoms with Crippen LogP contribution in [0.3, 0.4) is 0 Å². The molecule has 3 N–H and O–H groups in total. The van der Waals surface area contributed by atoms with Crippen molar-refractivity contribution in [3.8, 4) is 5.75 Å². The van der Waals surface area contributed by atoms with Gasteiger partial charge in [0.25, 0.3) is 0 Å². The van der Waals surface area contributed by atoms with Crippen LogP contribution in [-0.2, 0) is 28.7 Å². The van der Waals surface area contributed by atoms with Gasteiger partial charge in [0, 0.05) is 32.6 Å². The van der Waals surface area contributed by atoms with Gasteiger partial charge in [-0.1, -0.05) is 18.2 Å². The molecule has 2 amide bonds. The number of aliphatic hydroxyl groups excluding tert-OH is 1. The lowest BCUT2D eigenvalue weighted by Gasteiger charge is -2.31. The molecule has 0 saturated carbocycles. The Balaban J connectivity index is 1.81. The number of thiol groups is 1. The van der Waals surface area contributed by atoms with Crippen LogP contribution in [0.2, 0.25) is 0 Å². The lowest BCUT2D eigenvalue weighted by Crippen LogP contribution is -2.55. The molecule has 2 bridgehead atoms. The third kappa shape index (κ3) is 10.2. The monoisotopic (exact) mass is 599 g/mol. The number of alkyl halides is 3. The Hall–Kier alpha value is -2.83. The van der Waals surface area contributed by atoms with Gasteiger partial charge >= 0.3 is 6.18 Å². The number of benzene rings is 2. The molecule has 3 rings (SSSR count). The second-order valence-electron chi connectivity index (χ2n) is 10.2. The Morgan fingerprint density at radius 3 is 2.68 bits per heavy atom. The Morgan fingerprint density at radius 1 is 1.17 bits per heavy atom. The number of hydrogen-bond donors (Lipinski definition) is 4. The third-order valence-corrected chi connectivity index (χ3v) is 7.24. The van der Waals surface area contributed by atoms with Crippen LogP contribution in [0, 0.1) is 5.82 Å². The van der Waals surface area contributed by atoms with E-state index in [4.69, 9.17) is 4.74 Å². The van der Waals surface area contributed by atoms with Crippen molar-refractivity contribution in [2.24, 2.45) is 0 Å². The van der Waals surface area contributed by atoms with Crippen molar-refractivity contribution in [1.29, 1.82) is 0 Å². The molecule has 1 aliphatic rings. The van der Waals surface area contributed by atoms with E-state index in [-0.39, 0.29) is 38.3 Å². The summed E-state index contributed by atoms with van der Waals surface area (Å²) in [6.45, 7) is 0.308. The highest BCUT2D eigenvalue weighted by molar-refractivity contribution is 7.80. The minimum atomic E-state index is -4.48. The minimum absolute atomic E-state index is 0.0392. The number of halogens is 4.